The monoisotopic (exact) mass is 351 g/mol. The molecule has 0 aromatic heterocycles. The van der Waals surface area contributed by atoms with Gasteiger partial charge < -0.3 is 14.2 Å². The lowest BCUT2D eigenvalue weighted by Crippen LogP contribution is -2.05. The van der Waals surface area contributed by atoms with Crippen LogP contribution in [0.1, 0.15) is 23.6 Å². The molecule has 0 aliphatic carbocycles. The maximum Gasteiger partial charge on any atom is 0.363 e. The molecule has 2 aromatic carbocycles. The van der Waals surface area contributed by atoms with Crippen LogP contribution in [-0.2, 0) is 14.3 Å². The number of carbonyl (C=O) groups is 2. The highest BCUT2D eigenvalue weighted by Crippen LogP contribution is 2.30. The van der Waals surface area contributed by atoms with Crippen molar-refractivity contribution in [2.45, 2.75) is 13.8 Å². The van der Waals surface area contributed by atoms with Gasteiger partial charge in [-0.1, -0.05) is 23.8 Å². The molecule has 1 aliphatic rings. The fourth-order valence-corrected chi connectivity index (χ4v) is 2.40. The van der Waals surface area contributed by atoms with Crippen LogP contribution in [0.3, 0.4) is 0 Å². The minimum absolute atomic E-state index is 0.166. The maximum atomic E-state index is 12.1. The van der Waals surface area contributed by atoms with E-state index in [0.29, 0.717) is 11.3 Å². The number of carbonyl (C=O) groups excluding carboxylic acids is 2. The van der Waals surface area contributed by atoms with Crippen molar-refractivity contribution in [3.63, 3.8) is 0 Å². The number of aryl methyl sites for hydroxylation is 1. The molecule has 26 heavy (non-hydrogen) atoms. The molecule has 0 bridgehead atoms. The second kappa shape index (κ2) is 7.23. The van der Waals surface area contributed by atoms with Crippen LogP contribution in [0.2, 0.25) is 0 Å². The molecule has 0 radical (unpaired) electrons. The molecule has 0 atom stereocenters. The summed E-state index contributed by atoms with van der Waals surface area (Å²) >= 11 is 0. The van der Waals surface area contributed by atoms with E-state index in [1.54, 1.807) is 24.3 Å². The first-order valence-electron chi connectivity index (χ1n) is 7.92. The van der Waals surface area contributed by atoms with Crippen molar-refractivity contribution in [1.82, 2.24) is 0 Å². The zero-order chi connectivity index (χ0) is 18.7. The van der Waals surface area contributed by atoms with Gasteiger partial charge in [-0.15, -0.1) is 0 Å². The molecule has 0 saturated heterocycles. The van der Waals surface area contributed by atoms with Gasteiger partial charge >= 0.3 is 11.9 Å². The van der Waals surface area contributed by atoms with E-state index in [9.17, 15) is 9.59 Å². The van der Waals surface area contributed by atoms with Gasteiger partial charge in [0, 0.05) is 12.5 Å². The van der Waals surface area contributed by atoms with Crippen LogP contribution in [-0.4, -0.2) is 24.9 Å². The van der Waals surface area contributed by atoms with Crippen molar-refractivity contribution in [2.75, 3.05) is 7.11 Å². The molecule has 132 valence electrons. The smallest absolute Gasteiger partial charge is 0.363 e. The van der Waals surface area contributed by atoms with Crippen molar-refractivity contribution in [3.8, 4) is 11.5 Å². The molecule has 2 aromatic rings. The van der Waals surface area contributed by atoms with E-state index in [4.69, 9.17) is 14.2 Å². The van der Waals surface area contributed by atoms with Crippen molar-refractivity contribution >= 4 is 23.9 Å². The average molecular weight is 351 g/mol. The summed E-state index contributed by atoms with van der Waals surface area (Å²) in [6.07, 6.45) is 1.57. The number of nitrogens with zero attached hydrogens (tertiary/aromatic N) is 1. The Balaban J connectivity index is 1.92. The van der Waals surface area contributed by atoms with Gasteiger partial charge in [0.25, 0.3) is 0 Å². The van der Waals surface area contributed by atoms with Crippen LogP contribution in [0.25, 0.3) is 6.08 Å². The number of benzene rings is 2. The third-order valence-electron chi connectivity index (χ3n) is 3.66. The predicted octanol–water partition coefficient (Wildman–Crippen LogP) is 3.27. The SMILES string of the molecule is COc1ccc(/C=C2/N=C(c3ccc(C)cc3)OC2=O)cc1OC(C)=O. The average Bonchev–Trinajstić information content (AvgIpc) is 2.96. The van der Waals surface area contributed by atoms with Crippen LogP contribution in [0.15, 0.2) is 53.2 Å². The fraction of sp³-hybridized carbons (Fsp3) is 0.150. The maximum absolute atomic E-state index is 12.1. The van der Waals surface area contributed by atoms with Crippen LogP contribution in [0.5, 0.6) is 11.5 Å². The number of rotatable bonds is 4. The number of cyclic esters (lactones) is 1. The molecule has 1 aliphatic heterocycles. The molecule has 0 saturated carbocycles. The zero-order valence-electron chi connectivity index (χ0n) is 14.6. The van der Waals surface area contributed by atoms with E-state index in [1.165, 1.54) is 14.0 Å². The fourth-order valence-electron chi connectivity index (χ4n) is 2.40. The summed E-state index contributed by atoms with van der Waals surface area (Å²) in [5.41, 5.74) is 2.62. The molecule has 0 N–H and O–H groups in total. The summed E-state index contributed by atoms with van der Waals surface area (Å²) in [5.74, 6) is -0.0582. The summed E-state index contributed by atoms with van der Waals surface area (Å²) in [7, 11) is 1.48. The highest BCUT2D eigenvalue weighted by Gasteiger charge is 2.24. The topological polar surface area (TPSA) is 74.2 Å². The lowest BCUT2D eigenvalue weighted by atomic mass is 10.1. The van der Waals surface area contributed by atoms with Crippen LogP contribution < -0.4 is 9.47 Å². The molecule has 0 unspecified atom stereocenters. The van der Waals surface area contributed by atoms with E-state index in [2.05, 4.69) is 4.99 Å². The highest BCUT2D eigenvalue weighted by molar-refractivity contribution is 6.12. The molecule has 0 fully saturated rings. The Hall–Kier alpha value is -3.41. The Morgan fingerprint density at radius 3 is 2.50 bits per heavy atom. The van der Waals surface area contributed by atoms with Gasteiger partial charge in [-0.3, -0.25) is 4.79 Å². The second-order valence-electron chi connectivity index (χ2n) is 5.71. The number of aliphatic imine (C=N–C) groups is 1. The first-order chi connectivity index (χ1) is 12.5. The van der Waals surface area contributed by atoms with Crippen LogP contribution in [0, 0.1) is 6.92 Å². The Bertz CT molecular complexity index is 926. The molecule has 1 heterocycles. The first kappa shape index (κ1) is 17.4. The van der Waals surface area contributed by atoms with Crippen molar-refractivity contribution < 1.29 is 23.8 Å². The van der Waals surface area contributed by atoms with Crippen molar-refractivity contribution in [1.29, 1.82) is 0 Å². The summed E-state index contributed by atoms with van der Waals surface area (Å²) in [4.78, 5) is 27.6. The van der Waals surface area contributed by atoms with E-state index in [1.807, 2.05) is 31.2 Å². The molecule has 0 spiro atoms. The number of hydrogen-bond acceptors (Lipinski definition) is 6. The van der Waals surface area contributed by atoms with E-state index in [-0.39, 0.29) is 17.3 Å². The van der Waals surface area contributed by atoms with Gasteiger partial charge in [-0.2, -0.15) is 0 Å². The number of methoxy groups -OCH3 is 1. The third-order valence-corrected chi connectivity index (χ3v) is 3.66. The molecule has 6 heteroatoms. The third kappa shape index (κ3) is 3.80. The summed E-state index contributed by atoms with van der Waals surface area (Å²) in [6, 6.07) is 12.5. The lowest BCUT2D eigenvalue weighted by Gasteiger charge is -2.08. The quantitative estimate of drug-likeness (QED) is 0.480. The highest BCUT2D eigenvalue weighted by atomic mass is 16.6. The Labute approximate surface area is 150 Å². The molecule has 0 amide bonds. The molecule has 6 nitrogen and oxygen atoms in total. The van der Waals surface area contributed by atoms with Gasteiger partial charge in [0.2, 0.25) is 5.90 Å². The first-order valence-corrected chi connectivity index (χ1v) is 7.92. The van der Waals surface area contributed by atoms with Crippen molar-refractivity contribution in [2.24, 2.45) is 4.99 Å². The standard InChI is InChI=1S/C20H17NO5/c1-12-4-7-15(8-5-12)19-21-16(20(23)26-19)10-14-6-9-17(24-3)18(11-14)25-13(2)22/h4-11H,1-3H3/b16-10+. The van der Waals surface area contributed by atoms with E-state index in [0.717, 1.165) is 11.1 Å². The van der Waals surface area contributed by atoms with Gasteiger partial charge in [0.15, 0.2) is 17.2 Å². The van der Waals surface area contributed by atoms with Gasteiger partial charge in [0.1, 0.15) is 0 Å². The van der Waals surface area contributed by atoms with E-state index < -0.39 is 11.9 Å². The zero-order valence-corrected chi connectivity index (χ0v) is 14.6. The minimum atomic E-state index is -0.537. The van der Waals surface area contributed by atoms with Crippen LogP contribution in [0.4, 0.5) is 0 Å². The molecular weight excluding hydrogens is 334 g/mol. The number of ether oxygens (including phenoxy) is 3. The summed E-state index contributed by atoms with van der Waals surface area (Å²) in [5, 5.41) is 0. The van der Waals surface area contributed by atoms with Gasteiger partial charge in [0.05, 0.1) is 7.11 Å². The second-order valence-corrected chi connectivity index (χ2v) is 5.71. The van der Waals surface area contributed by atoms with Crippen molar-refractivity contribution in [3.05, 3.63) is 64.9 Å². The predicted molar refractivity (Wildman–Crippen MR) is 96.1 cm³/mol. The number of hydrogen-bond donors (Lipinski definition) is 0. The molecular formula is C20H17NO5. The summed E-state index contributed by atoms with van der Waals surface area (Å²) < 4.78 is 15.5. The lowest BCUT2D eigenvalue weighted by molar-refractivity contribution is -0.132. The molecule has 3 rings (SSSR count). The largest absolute Gasteiger partial charge is 0.493 e. The van der Waals surface area contributed by atoms with Crippen LogP contribution >= 0.6 is 0 Å². The summed E-state index contributed by atoms with van der Waals surface area (Å²) in [6.45, 7) is 3.28. The van der Waals surface area contributed by atoms with E-state index >= 15 is 0 Å². The Morgan fingerprint density at radius 2 is 1.85 bits per heavy atom. The van der Waals surface area contributed by atoms with Gasteiger partial charge in [-0.25, -0.2) is 9.79 Å². The van der Waals surface area contributed by atoms with Gasteiger partial charge in [-0.05, 0) is 42.8 Å². The minimum Gasteiger partial charge on any atom is -0.493 e. The normalized spacial score (nSPS) is 14.8. The Kier molecular flexibility index (Phi) is 4.84. The Morgan fingerprint density at radius 1 is 1.12 bits per heavy atom. The number of esters is 2.